The van der Waals surface area contributed by atoms with E-state index >= 15 is 0 Å². The average Bonchev–Trinajstić information content (AvgIpc) is 2.96. The molecule has 2 rings (SSSR count). The molecule has 1 aromatic rings. The van der Waals surface area contributed by atoms with E-state index < -0.39 is 0 Å². The first-order valence-corrected chi connectivity index (χ1v) is 6.65. The summed E-state index contributed by atoms with van der Waals surface area (Å²) in [5.74, 6) is 0.507. The Labute approximate surface area is 126 Å². The van der Waals surface area contributed by atoms with E-state index in [1.54, 1.807) is 18.2 Å². The van der Waals surface area contributed by atoms with Gasteiger partial charge in [0, 0.05) is 12.6 Å². The lowest BCUT2D eigenvalue weighted by atomic mass is 10.1. The number of hydrogen-bond donors (Lipinski definition) is 2. The maximum Gasteiger partial charge on any atom is 0.255 e. The summed E-state index contributed by atoms with van der Waals surface area (Å²) in [5.41, 5.74) is 0.572. The second-order valence-corrected chi connectivity index (χ2v) is 4.60. The van der Waals surface area contributed by atoms with Gasteiger partial charge < -0.3 is 15.4 Å². The number of carbonyl (C=O) groups is 1. The molecule has 1 atom stereocenters. The van der Waals surface area contributed by atoms with Crippen LogP contribution in [0.4, 0.5) is 0 Å². The molecule has 0 bridgehead atoms. The second kappa shape index (κ2) is 8.61. The highest BCUT2D eigenvalue weighted by atomic mass is 35.5. The van der Waals surface area contributed by atoms with Crippen molar-refractivity contribution in [2.45, 2.75) is 18.9 Å². The maximum atomic E-state index is 12.1. The lowest BCUT2D eigenvalue weighted by molar-refractivity contribution is 0.0947. The minimum atomic E-state index is -0.0895. The Morgan fingerprint density at radius 1 is 1.50 bits per heavy atom. The third-order valence-corrected chi connectivity index (χ3v) is 3.16. The first-order chi connectivity index (χ1) is 9.31. The van der Waals surface area contributed by atoms with Gasteiger partial charge in [-0.2, -0.15) is 0 Å². The molecule has 0 aliphatic carbocycles. The van der Waals surface area contributed by atoms with Crippen LogP contribution in [0.15, 0.2) is 36.9 Å². The summed E-state index contributed by atoms with van der Waals surface area (Å²) in [6.07, 6.45) is 3.96. The molecule has 2 N–H and O–H groups in total. The molecular formula is C15H21ClN2O2. The van der Waals surface area contributed by atoms with Gasteiger partial charge in [-0.1, -0.05) is 24.8 Å². The number of rotatable bonds is 6. The Kier molecular flexibility index (Phi) is 7.12. The van der Waals surface area contributed by atoms with Crippen molar-refractivity contribution in [1.29, 1.82) is 0 Å². The van der Waals surface area contributed by atoms with Crippen LogP contribution in [0.3, 0.4) is 0 Å². The van der Waals surface area contributed by atoms with E-state index in [1.165, 1.54) is 6.42 Å². The summed E-state index contributed by atoms with van der Waals surface area (Å²) >= 11 is 0. The molecular weight excluding hydrogens is 276 g/mol. The van der Waals surface area contributed by atoms with Crippen molar-refractivity contribution in [2.75, 3.05) is 19.7 Å². The number of benzene rings is 1. The van der Waals surface area contributed by atoms with Crippen LogP contribution in [0, 0.1) is 0 Å². The molecule has 5 heteroatoms. The van der Waals surface area contributed by atoms with Crippen LogP contribution in [0.2, 0.25) is 0 Å². The molecule has 110 valence electrons. The van der Waals surface area contributed by atoms with E-state index in [2.05, 4.69) is 17.2 Å². The third-order valence-electron chi connectivity index (χ3n) is 3.16. The fourth-order valence-corrected chi connectivity index (χ4v) is 2.17. The second-order valence-electron chi connectivity index (χ2n) is 4.60. The summed E-state index contributed by atoms with van der Waals surface area (Å²) in [5, 5.41) is 6.30. The van der Waals surface area contributed by atoms with Crippen LogP contribution in [0.1, 0.15) is 23.2 Å². The van der Waals surface area contributed by atoms with Crippen molar-refractivity contribution in [1.82, 2.24) is 10.6 Å². The molecule has 4 nitrogen and oxygen atoms in total. The van der Waals surface area contributed by atoms with Crippen LogP contribution in [-0.4, -0.2) is 31.6 Å². The van der Waals surface area contributed by atoms with Gasteiger partial charge in [0.15, 0.2) is 0 Å². The normalized spacial score (nSPS) is 17.1. The van der Waals surface area contributed by atoms with Crippen LogP contribution in [-0.2, 0) is 0 Å². The molecule has 20 heavy (non-hydrogen) atoms. The van der Waals surface area contributed by atoms with Gasteiger partial charge in [0.1, 0.15) is 12.4 Å². The lowest BCUT2D eigenvalue weighted by Gasteiger charge is -2.13. The fraction of sp³-hybridized carbons (Fsp3) is 0.400. The lowest BCUT2D eigenvalue weighted by Crippen LogP contribution is -2.37. The number of ether oxygens (including phenoxy) is 1. The smallest absolute Gasteiger partial charge is 0.255 e. The van der Waals surface area contributed by atoms with Gasteiger partial charge in [-0.15, -0.1) is 12.4 Å². The Morgan fingerprint density at radius 3 is 3.00 bits per heavy atom. The number of halogens is 1. The highest BCUT2D eigenvalue weighted by molar-refractivity contribution is 5.96. The Bertz CT molecular complexity index is 445. The van der Waals surface area contributed by atoms with E-state index in [-0.39, 0.29) is 18.3 Å². The van der Waals surface area contributed by atoms with Gasteiger partial charge in [0.25, 0.3) is 5.91 Å². The summed E-state index contributed by atoms with van der Waals surface area (Å²) in [4.78, 5) is 12.1. The van der Waals surface area contributed by atoms with Gasteiger partial charge >= 0.3 is 0 Å². The molecule has 1 aliphatic heterocycles. The zero-order valence-corrected chi connectivity index (χ0v) is 12.2. The molecule has 1 amide bonds. The monoisotopic (exact) mass is 296 g/mol. The van der Waals surface area contributed by atoms with E-state index in [1.807, 2.05) is 12.1 Å². The van der Waals surface area contributed by atoms with Crippen molar-refractivity contribution in [2.24, 2.45) is 0 Å². The zero-order valence-electron chi connectivity index (χ0n) is 11.4. The topological polar surface area (TPSA) is 50.4 Å². The van der Waals surface area contributed by atoms with E-state index in [0.29, 0.717) is 30.5 Å². The van der Waals surface area contributed by atoms with Gasteiger partial charge in [0.2, 0.25) is 0 Å². The molecule has 1 heterocycles. The summed E-state index contributed by atoms with van der Waals surface area (Å²) in [7, 11) is 0. The van der Waals surface area contributed by atoms with Crippen molar-refractivity contribution in [3.8, 4) is 5.75 Å². The molecule has 1 fully saturated rings. The van der Waals surface area contributed by atoms with Crippen LogP contribution in [0.5, 0.6) is 5.75 Å². The van der Waals surface area contributed by atoms with Crippen molar-refractivity contribution >= 4 is 18.3 Å². The summed E-state index contributed by atoms with van der Waals surface area (Å²) < 4.78 is 5.48. The highest BCUT2D eigenvalue weighted by Crippen LogP contribution is 2.17. The van der Waals surface area contributed by atoms with Crippen LogP contribution < -0.4 is 15.4 Å². The van der Waals surface area contributed by atoms with Gasteiger partial charge in [-0.3, -0.25) is 4.79 Å². The van der Waals surface area contributed by atoms with Gasteiger partial charge in [0.05, 0.1) is 5.56 Å². The highest BCUT2D eigenvalue weighted by Gasteiger charge is 2.16. The van der Waals surface area contributed by atoms with E-state index in [4.69, 9.17) is 4.74 Å². The molecule has 0 aromatic heterocycles. The third kappa shape index (κ3) is 4.54. The number of amides is 1. The van der Waals surface area contributed by atoms with Gasteiger partial charge in [-0.25, -0.2) is 0 Å². The first kappa shape index (κ1) is 16.5. The van der Waals surface area contributed by atoms with E-state index in [9.17, 15) is 4.79 Å². The predicted molar refractivity (Wildman–Crippen MR) is 82.7 cm³/mol. The molecule has 1 unspecified atom stereocenters. The number of carbonyl (C=O) groups excluding carboxylic acids is 1. The Balaban J connectivity index is 0.00000200. The SMILES string of the molecule is C=CCOc1ccccc1C(=O)NCC1CCCN1.Cl. The molecule has 1 aromatic carbocycles. The van der Waals surface area contributed by atoms with E-state index in [0.717, 1.165) is 13.0 Å². The largest absolute Gasteiger partial charge is 0.489 e. The Hall–Kier alpha value is -1.52. The maximum absolute atomic E-state index is 12.1. The van der Waals surface area contributed by atoms with Crippen molar-refractivity contribution < 1.29 is 9.53 Å². The summed E-state index contributed by atoms with van der Waals surface area (Å²) in [6, 6.07) is 7.66. The number of nitrogens with one attached hydrogen (secondary N) is 2. The van der Waals surface area contributed by atoms with Crippen molar-refractivity contribution in [3.63, 3.8) is 0 Å². The molecule has 1 saturated heterocycles. The minimum absolute atomic E-state index is 0. The zero-order chi connectivity index (χ0) is 13.5. The average molecular weight is 297 g/mol. The summed E-state index contributed by atoms with van der Waals surface area (Å²) in [6.45, 7) is 5.70. The number of hydrogen-bond acceptors (Lipinski definition) is 3. The fourth-order valence-electron chi connectivity index (χ4n) is 2.17. The minimum Gasteiger partial charge on any atom is -0.489 e. The first-order valence-electron chi connectivity index (χ1n) is 6.65. The van der Waals surface area contributed by atoms with Gasteiger partial charge in [-0.05, 0) is 31.5 Å². The predicted octanol–water partition coefficient (Wildman–Crippen LogP) is 2.15. The molecule has 0 radical (unpaired) electrons. The standard InChI is InChI=1S/C15H20N2O2.ClH/c1-2-10-19-14-8-4-3-7-13(14)15(18)17-11-12-6-5-9-16-12;/h2-4,7-8,12,16H,1,5-6,9-11H2,(H,17,18);1H. The quantitative estimate of drug-likeness (QED) is 0.791. The van der Waals surface area contributed by atoms with Crippen LogP contribution >= 0.6 is 12.4 Å². The van der Waals surface area contributed by atoms with Crippen molar-refractivity contribution in [3.05, 3.63) is 42.5 Å². The molecule has 0 spiro atoms. The molecule has 0 saturated carbocycles. The number of para-hydroxylation sites is 1. The Morgan fingerprint density at radius 2 is 2.30 bits per heavy atom. The molecule has 1 aliphatic rings. The van der Waals surface area contributed by atoms with Crippen LogP contribution in [0.25, 0.3) is 0 Å².